The Balaban J connectivity index is 1.74. The van der Waals surface area contributed by atoms with E-state index in [0.29, 0.717) is 11.3 Å². The van der Waals surface area contributed by atoms with Crippen LogP contribution in [0.2, 0.25) is 0 Å². The van der Waals surface area contributed by atoms with Crippen molar-refractivity contribution in [3.63, 3.8) is 0 Å². The normalized spacial score (nSPS) is 11.7. The average molecular weight is 349 g/mol. The average Bonchev–Trinajstić information content (AvgIpc) is 3.01. The second-order valence-corrected chi connectivity index (χ2v) is 5.86. The van der Waals surface area contributed by atoms with Crippen molar-refractivity contribution in [1.29, 1.82) is 0 Å². The van der Waals surface area contributed by atoms with Crippen LogP contribution in [0, 0.1) is 6.92 Å². The molecule has 0 fully saturated rings. The number of carbonyl (C=O) groups is 2. The first-order chi connectivity index (χ1) is 12.6. The van der Waals surface area contributed by atoms with E-state index >= 15 is 0 Å². The highest BCUT2D eigenvalue weighted by atomic mass is 16.2. The molecule has 3 rings (SSSR count). The Morgan fingerprint density at radius 2 is 1.69 bits per heavy atom. The smallest absolute Gasteiger partial charge is 0.244 e. The van der Waals surface area contributed by atoms with Crippen molar-refractivity contribution < 1.29 is 9.59 Å². The zero-order valence-corrected chi connectivity index (χ0v) is 14.3. The Hall–Kier alpha value is -3.48. The summed E-state index contributed by atoms with van der Waals surface area (Å²) in [5.74, 6) is -0.963. The van der Waals surface area contributed by atoms with E-state index in [1.807, 2.05) is 43.3 Å². The number of nitrogens with zero attached hydrogens (tertiary/aromatic N) is 3. The van der Waals surface area contributed by atoms with E-state index in [1.54, 1.807) is 28.9 Å². The fourth-order valence-electron chi connectivity index (χ4n) is 2.67. The van der Waals surface area contributed by atoms with Gasteiger partial charge in [-0.2, -0.15) is 0 Å². The van der Waals surface area contributed by atoms with Gasteiger partial charge in [-0.25, -0.2) is 4.68 Å². The summed E-state index contributed by atoms with van der Waals surface area (Å²) in [5.41, 5.74) is 8.25. The van der Waals surface area contributed by atoms with Gasteiger partial charge in [-0.05, 0) is 24.6 Å². The largest absolute Gasteiger partial charge is 0.368 e. The Labute approximate surface area is 150 Å². The van der Waals surface area contributed by atoms with Crippen molar-refractivity contribution in [3.8, 4) is 5.69 Å². The maximum atomic E-state index is 12.4. The van der Waals surface area contributed by atoms with E-state index in [9.17, 15) is 9.59 Å². The van der Waals surface area contributed by atoms with Crippen LogP contribution >= 0.6 is 0 Å². The monoisotopic (exact) mass is 349 g/mol. The van der Waals surface area contributed by atoms with Crippen LogP contribution in [0.15, 0.2) is 60.7 Å². The van der Waals surface area contributed by atoms with Crippen LogP contribution in [0.4, 0.5) is 0 Å². The zero-order chi connectivity index (χ0) is 18.5. The van der Waals surface area contributed by atoms with Gasteiger partial charge in [-0.1, -0.05) is 53.7 Å². The maximum Gasteiger partial charge on any atom is 0.244 e. The van der Waals surface area contributed by atoms with Crippen LogP contribution in [0.5, 0.6) is 0 Å². The molecule has 0 aliphatic carbocycles. The van der Waals surface area contributed by atoms with Gasteiger partial charge < -0.3 is 11.1 Å². The lowest BCUT2D eigenvalue weighted by Gasteiger charge is -2.15. The lowest BCUT2D eigenvalue weighted by Crippen LogP contribution is -2.38. The molecule has 0 bridgehead atoms. The van der Waals surface area contributed by atoms with E-state index in [4.69, 9.17) is 5.73 Å². The van der Waals surface area contributed by atoms with Crippen molar-refractivity contribution in [3.05, 3.63) is 77.6 Å². The van der Waals surface area contributed by atoms with Crippen molar-refractivity contribution in [2.45, 2.75) is 19.4 Å². The van der Waals surface area contributed by atoms with Crippen LogP contribution in [0.3, 0.4) is 0 Å². The Kier molecular flexibility index (Phi) is 5.07. The number of primary amides is 1. The molecule has 26 heavy (non-hydrogen) atoms. The van der Waals surface area contributed by atoms with E-state index < -0.39 is 11.9 Å². The standard InChI is InChI=1S/C19H19N5O2/c1-13-16(22-23-24(13)15-10-6-3-7-11-15)12-17(25)21-18(19(20)26)14-8-4-2-5-9-14/h2-11,18H,12H2,1H3,(H2,20,26)(H,21,25)/t18-/m0/s1. The summed E-state index contributed by atoms with van der Waals surface area (Å²) in [5, 5.41) is 10.9. The van der Waals surface area contributed by atoms with Crippen molar-refractivity contribution in [2.75, 3.05) is 0 Å². The molecule has 0 spiro atoms. The predicted octanol–water partition coefficient (Wildman–Crippen LogP) is 1.46. The van der Waals surface area contributed by atoms with Crippen LogP contribution < -0.4 is 11.1 Å². The van der Waals surface area contributed by atoms with Gasteiger partial charge in [0.2, 0.25) is 11.8 Å². The lowest BCUT2D eigenvalue weighted by atomic mass is 10.1. The molecule has 1 aromatic heterocycles. The van der Waals surface area contributed by atoms with E-state index in [2.05, 4.69) is 15.6 Å². The van der Waals surface area contributed by atoms with Gasteiger partial charge in [0, 0.05) is 0 Å². The van der Waals surface area contributed by atoms with Gasteiger partial charge >= 0.3 is 0 Å². The summed E-state index contributed by atoms with van der Waals surface area (Å²) in [6.45, 7) is 1.85. The Bertz CT molecular complexity index is 906. The number of amides is 2. The molecule has 3 aromatic rings. The fraction of sp³-hybridized carbons (Fsp3) is 0.158. The van der Waals surface area contributed by atoms with E-state index in [1.165, 1.54) is 0 Å². The Morgan fingerprint density at radius 3 is 2.31 bits per heavy atom. The molecule has 2 amide bonds. The van der Waals surface area contributed by atoms with Gasteiger partial charge in [0.25, 0.3) is 0 Å². The first kappa shape index (κ1) is 17.3. The SMILES string of the molecule is Cc1c(CC(=O)N[C@H](C(N)=O)c2ccccc2)nnn1-c1ccccc1. The first-order valence-corrected chi connectivity index (χ1v) is 8.16. The Morgan fingerprint density at radius 1 is 1.08 bits per heavy atom. The molecule has 0 saturated carbocycles. The van der Waals surface area contributed by atoms with Crippen LogP contribution in [-0.2, 0) is 16.0 Å². The topological polar surface area (TPSA) is 103 Å². The second kappa shape index (κ2) is 7.60. The second-order valence-electron chi connectivity index (χ2n) is 5.86. The van der Waals surface area contributed by atoms with E-state index in [0.717, 1.165) is 11.4 Å². The molecule has 0 aliphatic rings. The molecular weight excluding hydrogens is 330 g/mol. The molecule has 7 nitrogen and oxygen atoms in total. The van der Waals surface area contributed by atoms with Crippen LogP contribution in [0.25, 0.3) is 5.69 Å². The summed E-state index contributed by atoms with van der Waals surface area (Å²) < 4.78 is 1.67. The number of carbonyl (C=O) groups excluding carboxylic acids is 2. The molecule has 0 aliphatic heterocycles. The number of nitrogens with two attached hydrogens (primary N) is 1. The molecule has 7 heteroatoms. The van der Waals surface area contributed by atoms with Gasteiger partial charge in [-0.3, -0.25) is 9.59 Å². The number of hydrogen-bond donors (Lipinski definition) is 2. The van der Waals surface area contributed by atoms with E-state index in [-0.39, 0.29) is 12.3 Å². The summed E-state index contributed by atoms with van der Waals surface area (Å²) in [7, 11) is 0. The number of rotatable bonds is 6. The number of nitrogens with one attached hydrogen (secondary N) is 1. The van der Waals surface area contributed by atoms with Crippen LogP contribution in [-0.4, -0.2) is 26.8 Å². The fourth-order valence-corrected chi connectivity index (χ4v) is 2.67. The van der Waals surface area contributed by atoms with Crippen molar-refractivity contribution in [1.82, 2.24) is 20.3 Å². The highest BCUT2D eigenvalue weighted by Gasteiger charge is 2.21. The van der Waals surface area contributed by atoms with Gasteiger partial charge in [0.15, 0.2) is 0 Å². The molecule has 1 heterocycles. The molecule has 2 aromatic carbocycles. The number of para-hydroxylation sites is 1. The third-order valence-corrected chi connectivity index (χ3v) is 4.04. The predicted molar refractivity (Wildman–Crippen MR) is 96.3 cm³/mol. The lowest BCUT2D eigenvalue weighted by molar-refractivity contribution is -0.127. The molecule has 0 unspecified atom stereocenters. The highest BCUT2D eigenvalue weighted by Crippen LogP contribution is 2.14. The minimum Gasteiger partial charge on any atom is -0.368 e. The third-order valence-electron chi connectivity index (χ3n) is 4.04. The highest BCUT2D eigenvalue weighted by molar-refractivity contribution is 5.88. The first-order valence-electron chi connectivity index (χ1n) is 8.16. The molecule has 1 atom stereocenters. The van der Waals surface area contributed by atoms with Gasteiger partial charge in [0.1, 0.15) is 6.04 Å². The quantitative estimate of drug-likeness (QED) is 0.703. The van der Waals surface area contributed by atoms with Crippen molar-refractivity contribution in [2.24, 2.45) is 5.73 Å². The molecule has 0 radical (unpaired) electrons. The number of benzene rings is 2. The van der Waals surface area contributed by atoms with Crippen molar-refractivity contribution >= 4 is 11.8 Å². The zero-order valence-electron chi connectivity index (χ0n) is 14.3. The number of hydrogen-bond acceptors (Lipinski definition) is 4. The number of aromatic nitrogens is 3. The summed E-state index contributed by atoms with van der Waals surface area (Å²) >= 11 is 0. The molecule has 132 valence electrons. The summed E-state index contributed by atoms with van der Waals surface area (Å²) in [4.78, 5) is 24.1. The summed E-state index contributed by atoms with van der Waals surface area (Å²) in [6, 6.07) is 17.5. The molecular formula is C19H19N5O2. The maximum absolute atomic E-state index is 12.4. The van der Waals surface area contributed by atoms with Gasteiger partial charge in [0.05, 0.1) is 23.5 Å². The van der Waals surface area contributed by atoms with Gasteiger partial charge in [-0.15, -0.1) is 5.10 Å². The molecule has 3 N–H and O–H groups in total. The van der Waals surface area contributed by atoms with Crippen LogP contribution in [0.1, 0.15) is 23.0 Å². The summed E-state index contributed by atoms with van der Waals surface area (Å²) in [6.07, 6.45) is 0.00921. The minimum atomic E-state index is -0.881. The molecule has 0 saturated heterocycles. The third kappa shape index (κ3) is 3.77. The minimum absolute atomic E-state index is 0.00921.